The predicted octanol–water partition coefficient (Wildman–Crippen LogP) is 7.71. The van der Waals surface area contributed by atoms with Gasteiger partial charge < -0.3 is 10.6 Å². The van der Waals surface area contributed by atoms with Crippen LogP contribution in [0.2, 0.25) is 0 Å². The van der Waals surface area contributed by atoms with Gasteiger partial charge in [0.15, 0.2) is 0 Å². The number of aromatic nitrogens is 2. The van der Waals surface area contributed by atoms with Crippen LogP contribution in [0.5, 0.6) is 0 Å². The Kier molecular flexibility index (Phi) is 7.81. The fraction of sp³-hybridized carbons (Fsp3) is 0.600. The first-order chi connectivity index (χ1) is 20.1. The molecule has 0 amide bonds. The molecule has 5 atom stereocenters. The van der Waals surface area contributed by atoms with E-state index < -0.39 is 0 Å². The number of hydrogen-bond donors (Lipinski definition) is 1. The minimum absolute atomic E-state index is 0.153. The molecule has 2 fully saturated rings. The monoisotopic (exact) mass is 582 g/mol. The van der Waals surface area contributed by atoms with Crippen LogP contribution in [-0.2, 0) is 12.8 Å². The molecule has 2 aliphatic carbocycles. The van der Waals surface area contributed by atoms with E-state index in [0.717, 1.165) is 86.0 Å². The van der Waals surface area contributed by atoms with E-state index in [2.05, 4.69) is 58.2 Å². The maximum Gasteiger partial charge on any atom is 0.129 e. The first-order valence-corrected chi connectivity index (χ1v) is 16.8. The fourth-order valence-corrected chi connectivity index (χ4v) is 9.20. The number of rotatable bonds is 9. The molecule has 1 saturated heterocycles. The Hall–Kier alpha value is -2.98. The summed E-state index contributed by atoms with van der Waals surface area (Å²) < 4.78 is 0. The maximum atomic E-state index is 9.91. The number of thiophene rings is 1. The summed E-state index contributed by atoms with van der Waals surface area (Å²) in [6.45, 7) is 16.8. The molecule has 42 heavy (non-hydrogen) atoms. The van der Waals surface area contributed by atoms with Crippen LogP contribution in [0.3, 0.4) is 0 Å². The maximum absolute atomic E-state index is 9.91. The number of likely N-dealkylation sites (tertiary alicyclic amines) is 1. The second kappa shape index (κ2) is 11.3. The smallest absolute Gasteiger partial charge is 0.129 e. The standard InChI is InChI=1S/C35H46N6S/c1-7-9-23-27(19-39-32(23)24-10-8-11-29-31(24)26(18-36)34(37)42-29)28-14-15-38-30(40-28)13-12-22-16-25-21(3)33(25)41(22)20(2)17-35(4,5)6/h14-15,21-22,24-25,33H,2,7-13,16-17,19,37H2,1,3-6H3/t21?,22-,24+,25?,33?/m1/s1. The van der Waals surface area contributed by atoms with Crippen molar-refractivity contribution in [1.29, 1.82) is 5.26 Å². The van der Waals surface area contributed by atoms with Crippen molar-refractivity contribution >= 4 is 27.6 Å². The Bertz CT molecular complexity index is 1480. The molecular formula is C35H46N6S. The highest BCUT2D eigenvalue weighted by Crippen LogP contribution is 2.56. The van der Waals surface area contributed by atoms with Crippen LogP contribution < -0.4 is 5.73 Å². The van der Waals surface area contributed by atoms with Gasteiger partial charge in [-0.15, -0.1) is 11.3 Å². The van der Waals surface area contributed by atoms with Crippen molar-refractivity contribution in [2.75, 3.05) is 12.3 Å². The lowest BCUT2D eigenvalue weighted by Crippen LogP contribution is -2.35. The Balaban J connectivity index is 1.22. The van der Waals surface area contributed by atoms with Crippen molar-refractivity contribution < 1.29 is 0 Å². The van der Waals surface area contributed by atoms with Gasteiger partial charge in [-0.25, -0.2) is 9.97 Å². The third-order valence-electron chi connectivity index (χ3n) is 9.90. The Morgan fingerprint density at radius 3 is 2.83 bits per heavy atom. The number of nitrogens with two attached hydrogens (primary N) is 1. The van der Waals surface area contributed by atoms with Crippen molar-refractivity contribution in [3.8, 4) is 6.07 Å². The van der Waals surface area contributed by atoms with Crippen LogP contribution in [-0.4, -0.2) is 39.2 Å². The number of allylic oxidation sites excluding steroid dienone is 2. The molecule has 0 aromatic carbocycles. The fourth-order valence-electron chi connectivity index (χ4n) is 8.08. The minimum Gasteiger partial charge on any atom is -0.389 e. The zero-order valence-corrected chi connectivity index (χ0v) is 26.9. The summed E-state index contributed by atoms with van der Waals surface area (Å²) in [5.74, 6) is 2.68. The normalized spacial score (nSPS) is 26.6. The summed E-state index contributed by atoms with van der Waals surface area (Å²) in [4.78, 5) is 18.9. The SMILES string of the molecule is C=C(CC(C)(C)C)N1C2C(C)C2C[C@H]1CCc1nccc(C2=C(CCC)C([C@H]3CCCc4sc(N)c(C#N)c43)=NC2)n1. The van der Waals surface area contributed by atoms with Gasteiger partial charge in [-0.1, -0.05) is 47.6 Å². The van der Waals surface area contributed by atoms with E-state index in [4.69, 9.17) is 20.7 Å². The van der Waals surface area contributed by atoms with E-state index in [-0.39, 0.29) is 11.3 Å². The van der Waals surface area contributed by atoms with E-state index in [1.165, 1.54) is 28.1 Å². The molecule has 2 N–H and O–H groups in total. The molecule has 6 nitrogen and oxygen atoms in total. The number of nitriles is 1. The molecule has 2 aromatic rings. The number of nitrogens with zero attached hydrogens (tertiary/aromatic N) is 5. The summed E-state index contributed by atoms with van der Waals surface area (Å²) in [5.41, 5.74) is 14.4. The van der Waals surface area contributed by atoms with Crippen molar-refractivity contribution in [3.05, 3.63) is 57.6 Å². The average molecular weight is 583 g/mol. The third-order valence-corrected chi connectivity index (χ3v) is 11.0. The van der Waals surface area contributed by atoms with Crippen molar-refractivity contribution in [1.82, 2.24) is 14.9 Å². The molecule has 3 unspecified atom stereocenters. The van der Waals surface area contributed by atoms with Gasteiger partial charge in [-0.05, 0) is 79.4 Å². The summed E-state index contributed by atoms with van der Waals surface area (Å²) in [7, 11) is 0. The van der Waals surface area contributed by atoms with Gasteiger partial charge in [-0.2, -0.15) is 5.26 Å². The van der Waals surface area contributed by atoms with Crippen LogP contribution in [0.1, 0.15) is 113 Å². The van der Waals surface area contributed by atoms with Gasteiger partial charge in [0.25, 0.3) is 0 Å². The number of aryl methyl sites for hydroxylation is 2. The molecule has 1 saturated carbocycles. The number of nitrogen functional groups attached to an aromatic ring is 1. The van der Waals surface area contributed by atoms with E-state index in [0.29, 0.717) is 29.2 Å². The van der Waals surface area contributed by atoms with Gasteiger partial charge in [0, 0.05) is 52.5 Å². The van der Waals surface area contributed by atoms with Crippen LogP contribution in [0, 0.1) is 28.6 Å². The lowest BCUT2D eigenvalue weighted by Gasteiger charge is -2.35. The molecule has 0 spiro atoms. The van der Waals surface area contributed by atoms with Gasteiger partial charge in [0.2, 0.25) is 0 Å². The van der Waals surface area contributed by atoms with E-state index in [1.807, 2.05) is 6.20 Å². The summed E-state index contributed by atoms with van der Waals surface area (Å²) in [5, 5.41) is 10.6. The zero-order valence-electron chi connectivity index (χ0n) is 26.0. The van der Waals surface area contributed by atoms with E-state index in [1.54, 1.807) is 11.3 Å². The topological polar surface area (TPSA) is 91.2 Å². The second-order valence-corrected chi connectivity index (χ2v) is 15.3. The number of hydrogen-bond acceptors (Lipinski definition) is 7. The van der Waals surface area contributed by atoms with Crippen molar-refractivity contribution in [2.45, 2.75) is 110 Å². The Labute approximate surface area is 255 Å². The average Bonchev–Trinajstić information content (AvgIpc) is 3.31. The first-order valence-electron chi connectivity index (χ1n) is 16.0. The first kappa shape index (κ1) is 29.1. The van der Waals surface area contributed by atoms with Gasteiger partial charge in [0.1, 0.15) is 16.9 Å². The third kappa shape index (κ3) is 5.32. The summed E-state index contributed by atoms with van der Waals surface area (Å²) in [6.07, 6.45) is 11.3. The molecule has 2 aromatic heterocycles. The molecule has 7 heteroatoms. The van der Waals surface area contributed by atoms with E-state index in [9.17, 15) is 5.26 Å². The van der Waals surface area contributed by atoms with E-state index >= 15 is 0 Å². The Morgan fingerprint density at radius 2 is 2.10 bits per heavy atom. The van der Waals surface area contributed by atoms with Crippen LogP contribution in [0.4, 0.5) is 5.00 Å². The number of fused-ring (bicyclic) bond motifs is 2. The quantitative estimate of drug-likeness (QED) is 0.327. The predicted molar refractivity (Wildman–Crippen MR) is 174 cm³/mol. The number of anilines is 1. The molecule has 6 rings (SSSR count). The molecular weight excluding hydrogens is 536 g/mol. The molecule has 2 aliphatic heterocycles. The zero-order chi connectivity index (χ0) is 29.8. The summed E-state index contributed by atoms with van der Waals surface area (Å²) >= 11 is 1.60. The molecule has 0 bridgehead atoms. The van der Waals surface area contributed by atoms with Crippen LogP contribution in [0.15, 0.2) is 35.1 Å². The lowest BCUT2D eigenvalue weighted by molar-refractivity contribution is 0.220. The molecule has 4 aliphatic rings. The highest BCUT2D eigenvalue weighted by Gasteiger charge is 2.58. The highest BCUT2D eigenvalue weighted by atomic mass is 32.1. The summed E-state index contributed by atoms with van der Waals surface area (Å²) in [6, 6.07) is 5.67. The van der Waals surface area contributed by atoms with Gasteiger partial charge >= 0.3 is 0 Å². The highest BCUT2D eigenvalue weighted by molar-refractivity contribution is 7.16. The lowest BCUT2D eigenvalue weighted by atomic mass is 9.79. The van der Waals surface area contributed by atoms with Gasteiger partial charge in [-0.3, -0.25) is 4.99 Å². The number of aliphatic imine (C=N–C) groups is 1. The molecule has 4 heterocycles. The minimum atomic E-state index is 0.153. The van der Waals surface area contributed by atoms with Crippen LogP contribution in [0.25, 0.3) is 5.57 Å². The largest absolute Gasteiger partial charge is 0.389 e. The van der Waals surface area contributed by atoms with Crippen LogP contribution >= 0.6 is 11.3 Å². The number of piperidine rings is 1. The second-order valence-electron chi connectivity index (χ2n) is 14.2. The Morgan fingerprint density at radius 1 is 1.29 bits per heavy atom. The van der Waals surface area contributed by atoms with Gasteiger partial charge in [0.05, 0.1) is 17.8 Å². The van der Waals surface area contributed by atoms with Crippen molar-refractivity contribution in [2.24, 2.45) is 22.2 Å². The van der Waals surface area contributed by atoms with Crippen molar-refractivity contribution in [3.63, 3.8) is 0 Å². The molecule has 222 valence electrons. The molecule has 0 radical (unpaired) electrons.